The van der Waals surface area contributed by atoms with E-state index in [1.807, 2.05) is 0 Å². The Balaban J connectivity index is 2.49. The maximum Gasteiger partial charge on any atom is 0.338 e. The number of hydrogen-bond acceptors (Lipinski definition) is 4. The highest BCUT2D eigenvalue weighted by atomic mass is 35.5. The molecule has 0 radical (unpaired) electrons. The molecule has 0 saturated heterocycles. The maximum atomic E-state index is 13.6. The number of carbonyl (C=O) groups is 1. The van der Waals surface area contributed by atoms with Crippen LogP contribution in [0.1, 0.15) is 15.9 Å². The number of carboxylic acids is 1. The first-order chi connectivity index (χ1) is 11.3. The van der Waals surface area contributed by atoms with E-state index in [4.69, 9.17) is 21.4 Å². The summed E-state index contributed by atoms with van der Waals surface area (Å²) in [7, 11) is -2.77. The molecule has 24 heavy (non-hydrogen) atoms. The van der Waals surface area contributed by atoms with Crippen molar-refractivity contribution in [3.05, 3.63) is 58.4 Å². The highest BCUT2D eigenvalue weighted by molar-refractivity contribution is 7.92. The van der Waals surface area contributed by atoms with Gasteiger partial charge in [0, 0.05) is 12.7 Å². The second kappa shape index (κ2) is 7.16. The molecule has 0 aliphatic carbocycles. The van der Waals surface area contributed by atoms with E-state index in [2.05, 4.69) is 4.72 Å². The van der Waals surface area contributed by atoms with E-state index >= 15 is 0 Å². The Bertz CT molecular complexity index is 885. The first-order valence-electron chi connectivity index (χ1n) is 6.58. The lowest BCUT2D eigenvalue weighted by Gasteiger charge is -2.13. The van der Waals surface area contributed by atoms with E-state index < -0.39 is 37.3 Å². The second-order valence-corrected chi connectivity index (χ2v) is 6.82. The minimum atomic E-state index is -4.23. The number of benzene rings is 2. The topological polar surface area (TPSA) is 92.7 Å². The van der Waals surface area contributed by atoms with Gasteiger partial charge < -0.3 is 9.84 Å². The number of ether oxygens (including phenoxy) is 1. The van der Waals surface area contributed by atoms with Crippen LogP contribution >= 0.6 is 11.6 Å². The summed E-state index contributed by atoms with van der Waals surface area (Å²) in [6.07, 6.45) is 0. The van der Waals surface area contributed by atoms with Crippen LogP contribution in [-0.2, 0) is 21.4 Å². The van der Waals surface area contributed by atoms with E-state index in [1.54, 1.807) is 18.2 Å². The van der Waals surface area contributed by atoms with Gasteiger partial charge in [-0.3, -0.25) is 4.72 Å². The zero-order chi connectivity index (χ0) is 17.9. The molecule has 0 unspecified atom stereocenters. The summed E-state index contributed by atoms with van der Waals surface area (Å²) in [5.74, 6) is -2.72. The Kier molecular flexibility index (Phi) is 5.43. The molecule has 0 aliphatic heterocycles. The van der Waals surface area contributed by atoms with Crippen LogP contribution in [0.15, 0.2) is 41.3 Å². The van der Waals surface area contributed by atoms with Crippen molar-refractivity contribution in [2.24, 2.45) is 0 Å². The number of methoxy groups -OCH3 is 1. The summed E-state index contributed by atoms with van der Waals surface area (Å²) in [6.45, 7) is 0.163. The van der Waals surface area contributed by atoms with Gasteiger partial charge in [0.25, 0.3) is 10.0 Å². The lowest BCUT2D eigenvalue weighted by Crippen LogP contribution is -2.16. The van der Waals surface area contributed by atoms with Gasteiger partial charge in [-0.05, 0) is 18.2 Å². The van der Waals surface area contributed by atoms with Crippen molar-refractivity contribution in [2.45, 2.75) is 11.5 Å². The quantitative estimate of drug-likeness (QED) is 0.811. The average Bonchev–Trinajstić information content (AvgIpc) is 2.48. The highest BCUT2D eigenvalue weighted by Crippen LogP contribution is 2.28. The van der Waals surface area contributed by atoms with Crippen molar-refractivity contribution < 1.29 is 27.4 Å². The number of halogens is 2. The van der Waals surface area contributed by atoms with Gasteiger partial charge in [0.05, 0.1) is 22.9 Å². The van der Waals surface area contributed by atoms with E-state index in [0.717, 1.165) is 0 Å². The summed E-state index contributed by atoms with van der Waals surface area (Å²) in [6, 6.07) is 7.84. The van der Waals surface area contributed by atoms with Crippen LogP contribution in [0, 0.1) is 5.82 Å². The standard InChI is InChI=1S/C15H13ClFNO5S/c1-23-8-9-4-2-3-5-13(9)18-24(21,22)14-6-10(15(19)20)12(17)7-11(14)16/h2-7,18H,8H2,1H3,(H,19,20). The van der Waals surface area contributed by atoms with Gasteiger partial charge in [-0.25, -0.2) is 17.6 Å². The normalized spacial score (nSPS) is 11.3. The zero-order valence-corrected chi connectivity index (χ0v) is 14.0. The molecule has 0 saturated carbocycles. The molecule has 0 amide bonds. The lowest BCUT2D eigenvalue weighted by atomic mass is 10.2. The first kappa shape index (κ1) is 18.2. The van der Waals surface area contributed by atoms with Crippen molar-refractivity contribution in [3.63, 3.8) is 0 Å². The Hall–Kier alpha value is -2.16. The number of sulfonamides is 1. The summed E-state index contributed by atoms with van der Waals surface area (Å²) in [5.41, 5.74) is 0.0295. The van der Waals surface area contributed by atoms with Crippen LogP contribution in [0.2, 0.25) is 5.02 Å². The third-order valence-electron chi connectivity index (χ3n) is 3.10. The Labute approximate surface area is 142 Å². The largest absolute Gasteiger partial charge is 0.478 e. The van der Waals surface area contributed by atoms with E-state index in [9.17, 15) is 17.6 Å². The SMILES string of the molecule is COCc1ccccc1NS(=O)(=O)c1cc(C(=O)O)c(F)cc1Cl. The van der Waals surface area contributed by atoms with E-state index in [1.165, 1.54) is 13.2 Å². The Morgan fingerprint density at radius 1 is 1.33 bits per heavy atom. The average molecular weight is 374 g/mol. The van der Waals surface area contributed by atoms with Gasteiger partial charge in [-0.1, -0.05) is 29.8 Å². The molecular formula is C15H13ClFNO5S. The van der Waals surface area contributed by atoms with Crippen molar-refractivity contribution >= 4 is 33.3 Å². The minimum Gasteiger partial charge on any atom is -0.478 e. The molecule has 2 N–H and O–H groups in total. The maximum absolute atomic E-state index is 13.6. The molecule has 9 heteroatoms. The third-order valence-corrected chi connectivity index (χ3v) is 4.93. The number of rotatable bonds is 6. The number of para-hydroxylation sites is 1. The highest BCUT2D eigenvalue weighted by Gasteiger charge is 2.24. The van der Waals surface area contributed by atoms with Gasteiger partial charge in [0.1, 0.15) is 10.7 Å². The molecule has 0 aliphatic rings. The monoisotopic (exact) mass is 373 g/mol. The number of aromatic carboxylic acids is 1. The van der Waals surface area contributed by atoms with Crippen LogP contribution in [0.25, 0.3) is 0 Å². The molecule has 6 nitrogen and oxygen atoms in total. The van der Waals surface area contributed by atoms with Crippen LogP contribution in [-0.4, -0.2) is 26.6 Å². The van der Waals surface area contributed by atoms with Crippen LogP contribution in [0.4, 0.5) is 10.1 Å². The number of anilines is 1. The van der Waals surface area contributed by atoms with E-state index in [0.29, 0.717) is 17.7 Å². The van der Waals surface area contributed by atoms with Gasteiger partial charge in [0.15, 0.2) is 0 Å². The summed E-state index contributed by atoms with van der Waals surface area (Å²) >= 11 is 5.78. The molecule has 0 bridgehead atoms. The Morgan fingerprint density at radius 2 is 2.00 bits per heavy atom. The van der Waals surface area contributed by atoms with Crippen molar-refractivity contribution in [2.75, 3.05) is 11.8 Å². The molecule has 0 aromatic heterocycles. The fourth-order valence-corrected chi connectivity index (χ4v) is 3.64. The number of hydrogen-bond donors (Lipinski definition) is 2. The Morgan fingerprint density at radius 3 is 2.62 bits per heavy atom. The molecule has 0 spiro atoms. The molecule has 2 aromatic carbocycles. The number of nitrogens with one attached hydrogen (secondary N) is 1. The van der Waals surface area contributed by atoms with Gasteiger partial charge in [0.2, 0.25) is 0 Å². The first-order valence-corrected chi connectivity index (χ1v) is 8.44. The van der Waals surface area contributed by atoms with Gasteiger partial charge in [-0.15, -0.1) is 0 Å². The molecule has 2 aromatic rings. The van der Waals surface area contributed by atoms with Crippen LogP contribution in [0.3, 0.4) is 0 Å². The molecular weight excluding hydrogens is 361 g/mol. The van der Waals surface area contributed by atoms with Crippen molar-refractivity contribution in [1.82, 2.24) is 0 Å². The summed E-state index contributed by atoms with van der Waals surface area (Å²) in [4.78, 5) is 10.5. The fraction of sp³-hybridized carbons (Fsp3) is 0.133. The second-order valence-electron chi connectivity index (χ2n) is 4.76. The van der Waals surface area contributed by atoms with Gasteiger partial charge in [-0.2, -0.15) is 0 Å². The predicted octanol–water partition coefficient (Wildman–Crippen LogP) is 3.12. The minimum absolute atomic E-state index is 0.163. The van der Waals surface area contributed by atoms with Crippen molar-refractivity contribution in [1.29, 1.82) is 0 Å². The molecule has 2 rings (SSSR count). The van der Waals surface area contributed by atoms with Crippen LogP contribution < -0.4 is 4.72 Å². The predicted molar refractivity (Wildman–Crippen MR) is 86.3 cm³/mol. The fourth-order valence-electron chi connectivity index (χ4n) is 2.00. The molecule has 128 valence electrons. The van der Waals surface area contributed by atoms with Gasteiger partial charge >= 0.3 is 5.97 Å². The summed E-state index contributed by atoms with van der Waals surface area (Å²) in [5, 5.41) is 8.51. The van der Waals surface area contributed by atoms with E-state index in [-0.39, 0.29) is 12.3 Å². The van der Waals surface area contributed by atoms with Crippen LogP contribution in [0.5, 0.6) is 0 Å². The zero-order valence-electron chi connectivity index (χ0n) is 12.4. The smallest absolute Gasteiger partial charge is 0.338 e. The molecule has 0 atom stereocenters. The number of carboxylic acid groups (broad SMARTS) is 1. The van der Waals surface area contributed by atoms with Crippen molar-refractivity contribution in [3.8, 4) is 0 Å². The third kappa shape index (κ3) is 3.84. The lowest BCUT2D eigenvalue weighted by molar-refractivity contribution is 0.0691. The summed E-state index contributed by atoms with van der Waals surface area (Å²) < 4.78 is 45.9. The molecule has 0 heterocycles. The molecule has 0 fully saturated rings.